The van der Waals surface area contributed by atoms with Crippen LogP contribution in [0, 0.1) is 11.8 Å². The smallest absolute Gasteiger partial charge is 0.221 e. The molecule has 0 aliphatic rings. The van der Waals surface area contributed by atoms with Crippen molar-refractivity contribution >= 4 is 17.5 Å². The van der Waals surface area contributed by atoms with Crippen molar-refractivity contribution in [1.82, 2.24) is 5.32 Å². The summed E-state index contributed by atoms with van der Waals surface area (Å²) < 4.78 is 0. The van der Waals surface area contributed by atoms with Gasteiger partial charge in [-0.05, 0) is 42.9 Å². The molecule has 0 fully saturated rings. The average molecular weight is 270 g/mol. The molecule has 2 nitrogen and oxygen atoms in total. The highest BCUT2D eigenvalue weighted by atomic mass is 35.5. The summed E-state index contributed by atoms with van der Waals surface area (Å²) in [5.41, 5.74) is 1.78. The Bertz CT molecular complexity index is 363. The van der Waals surface area contributed by atoms with E-state index >= 15 is 0 Å². The van der Waals surface area contributed by atoms with Crippen molar-refractivity contribution in [2.24, 2.45) is 11.8 Å². The molecule has 0 aromatic carbocycles. The fourth-order valence-corrected chi connectivity index (χ4v) is 2.08. The van der Waals surface area contributed by atoms with Crippen molar-refractivity contribution in [2.45, 2.75) is 41.0 Å². The van der Waals surface area contributed by atoms with Crippen LogP contribution in [0.2, 0.25) is 0 Å². The molecule has 0 heterocycles. The van der Waals surface area contributed by atoms with Gasteiger partial charge in [0, 0.05) is 17.7 Å². The van der Waals surface area contributed by atoms with Gasteiger partial charge in [-0.2, -0.15) is 0 Å². The standard InChI is InChI=1S/C15H24ClNO/c1-7-15(17-13(6)18)14(9-12(5)16)11(4)8-10(2)3/h7,9-11H,1,8H2,2-6H3,(H,17,18)/b12-9+,15-14-. The van der Waals surface area contributed by atoms with E-state index in [0.29, 0.717) is 16.9 Å². The maximum absolute atomic E-state index is 11.2. The Hall–Kier alpha value is -1.02. The molecule has 0 aromatic heterocycles. The van der Waals surface area contributed by atoms with Gasteiger partial charge in [-0.3, -0.25) is 4.79 Å². The number of nitrogens with one attached hydrogen (secondary N) is 1. The topological polar surface area (TPSA) is 29.1 Å². The Kier molecular flexibility index (Phi) is 7.69. The number of allylic oxidation sites excluding steroid dienone is 4. The van der Waals surface area contributed by atoms with Gasteiger partial charge in [-0.1, -0.05) is 39.0 Å². The quantitative estimate of drug-likeness (QED) is 0.712. The van der Waals surface area contributed by atoms with Gasteiger partial charge in [0.1, 0.15) is 0 Å². The maximum Gasteiger partial charge on any atom is 0.221 e. The molecule has 0 saturated carbocycles. The fraction of sp³-hybridized carbons (Fsp3) is 0.533. The second-order valence-corrected chi connectivity index (χ2v) is 5.61. The minimum absolute atomic E-state index is 0.0974. The molecule has 0 saturated heterocycles. The van der Waals surface area contributed by atoms with E-state index < -0.39 is 0 Å². The Morgan fingerprint density at radius 3 is 2.22 bits per heavy atom. The highest BCUT2D eigenvalue weighted by molar-refractivity contribution is 6.29. The molecule has 0 radical (unpaired) electrons. The van der Waals surface area contributed by atoms with Gasteiger partial charge in [-0.15, -0.1) is 0 Å². The second-order valence-electron chi connectivity index (χ2n) is 5.02. The van der Waals surface area contributed by atoms with E-state index in [4.69, 9.17) is 11.6 Å². The van der Waals surface area contributed by atoms with Crippen LogP contribution < -0.4 is 5.32 Å². The van der Waals surface area contributed by atoms with Crippen LogP contribution >= 0.6 is 11.6 Å². The molecule has 0 aliphatic heterocycles. The third-order valence-corrected chi connectivity index (χ3v) is 2.65. The van der Waals surface area contributed by atoms with E-state index in [1.54, 1.807) is 6.08 Å². The summed E-state index contributed by atoms with van der Waals surface area (Å²) in [4.78, 5) is 11.2. The lowest BCUT2D eigenvalue weighted by molar-refractivity contribution is -0.118. The zero-order chi connectivity index (χ0) is 14.3. The summed E-state index contributed by atoms with van der Waals surface area (Å²) in [5, 5.41) is 3.51. The number of amides is 1. The van der Waals surface area contributed by atoms with Crippen LogP contribution in [0.5, 0.6) is 0 Å². The summed E-state index contributed by atoms with van der Waals surface area (Å²) in [7, 11) is 0. The molecule has 1 unspecified atom stereocenters. The predicted molar refractivity (Wildman–Crippen MR) is 79.3 cm³/mol. The predicted octanol–water partition coefficient (Wildman–Crippen LogP) is 4.39. The average Bonchev–Trinajstić information content (AvgIpc) is 2.21. The van der Waals surface area contributed by atoms with Crippen molar-refractivity contribution in [3.8, 4) is 0 Å². The SMILES string of the molecule is C=C/C(NC(C)=O)=C(\C=C(/C)Cl)C(C)CC(C)C. The van der Waals surface area contributed by atoms with Gasteiger partial charge in [-0.25, -0.2) is 0 Å². The Balaban J connectivity index is 5.41. The maximum atomic E-state index is 11.2. The molecule has 0 bridgehead atoms. The first kappa shape index (κ1) is 17.0. The van der Waals surface area contributed by atoms with Gasteiger partial charge < -0.3 is 5.32 Å². The molecule has 102 valence electrons. The molecule has 0 aliphatic carbocycles. The van der Waals surface area contributed by atoms with Gasteiger partial charge in [0.15, 0.2) is 0 Å². The number of carbonyl (C=O) groups excluding carboxylic acids is 1. The molecule has 0 spiro atoms. The van der Waals surface area contributed by atoms with Gasteiger partial charge in [0.05, 0.1) is 0 Å². The summed E-state index contributed by atoms with van der Waals surface area (Å²) >= 11 is 5.97. The van der Waals surface area contributed by atoms with Crippen molar-refractivity contribution in [2.75, 3.05) is 0 Å². The molecular weight excluding hydrogens is 246 g/mol. The van der Waals surface area contributed by atoms with E-state index in [2.05, 4.69) is 32.7 Å². The van der Waals surface area contributed by atoms with Crippen LogP contribution in [0.25, 0.3) is 0 Å². The number of rotatable bonds is 6. The summed E-state index contributed by atoms with van der Waals surface area (Å²) in [5.74, 6) is 0.806. The molecule has 1 amide bonds. The van der Waals surface area contributed by atoms with E-state index in [0.717, 1.165) is 17.7 Å². The molecular formula is C15H24ClNO. The van der Waals surface area contributed by atoms with E-state index in [1.807, 2.05) is 13.0 Å². The molecule has 1 atom stereocenters. The number of halogens is 1. The van der Waals surface area contributed by atoms with Crippen LogP contribution in [0.4, 0.5) is 0 Å². The van der Waals surface area contributed by atoms with E-state index in [1.165, 1.54) is 6.92 Å². The van der Waals surface area contributed by atoms with Crippen LogP contribution in [0.15, 0.2) is 35.0 Å². The zero-order valence-corrected chi connectivity index (χ0v) is 12.8. The van der Waals surface area contributed by atoms with Crippen LogP contribution in [0.1, 0.15) is 41.0 Å². The van der Waals surface area contributed by atoms with Crippen LogP contribution in [-0.4, -0.2) is 5.91 Å². The first-order valence-corrected chi connectivity index (χ1v) is 6.63. The van der Waals surface area contributed by atoms with Crippen LogP contribution in [-0.2, 0) is 4.79 Å². The van der Waals surface area contributed by atoms with Crippen molar-refractivity contribution in [3.63, 3.8) is 0 Å². The first-order valence-electron chi connectivity index (χ1n) is 6.25. The number of hydrogen-bond donors (Lipinski definition) is 1. The Morgan fingerprint density at radius 2 is 1.89 bits per heavy atom. The Morgan fingerprint density at radius 1 is 1.33 bits per heavy atom. The molecule has 3 heteroatoms. The van der Waals surface area contributed by atoms with Crippen molar-refractivity contribution in [1.29, 1.82) is 0 Å². The lowest BCUT2D eigenvalue weighted by Gasteiger charge is -2.19. The third-order valence-electron chi connectivity index (χ3n) is 2.54. The van der Waals surface area contributed by atoms with E-state index in [9.17, 15) is 4.79 Å². The fourth-order valence-electron chi connectivity index (χ4n) is 1.96. The van der Waals surface area contributed by atoms with E-state index in [-0.39, 0.29) is 5.91 Å². The van der Waals surface area contributed by atoms with Gasteiger partial charge in [0.25, 0.3) is 0 Å². The Labute approximate surface area is 116 Å². The van der Waals surface area contributed by atoms with Gasteiger partial charge >= 0.3 is 0 Å². The first-order chi connectivity index (χ1) is 8.27. The van der Waals surface area contributed by atoms with Crippen molar-refractivity contribution < 1.29 is 4.79 Å². The highest BCUT2D eigenvalue weighted by Gasteiger charge is 2.13. The molecule has 18 heavy (non-hydrogen) atoms. The number of carbonyl (C=O) groups is 1. The van der Waals surface area contributed by atoms with Gasteiger partial charge in [0.2, 0.25) is 5.91 Å². The number of hydrogen-bond acceptors (Lipinski definition) is 1. The minimum Gasteiger partial charge on any atom is -0.326 e. The summed E-state index contributed by atoms with van der Waals surface area (Å²) in [6.07, 6.45) is 4.61. The largest absolute Gasteiger partial charge is 0.326 e. The normalized spacial score (nSPS) is 15.2. The highest BCUT2D eigenvalue weighted by Crippen LogP contribution is 2.25. The zero-order valence-electron chi connectivity index (χ0n) is 12.0. The monoisotopic (exact) mass is 269 g/mol. The lowest BCUT2D eigenvalue weighted by Crippen LogP contribution is -2.21. The molecule has 1 N–H and O–H groups in total. The molecule has 0 aromatic rings. The summed E-state index contributed by atoms with van der Waals surface area (Å²) in [6, 6.07) is 0. The third kappa shape index (κ3) is 6.65. The second kappa shape index (κ2) is 8.15. The molecule has 0 rings (SSSR count). The lowest BCUT2D eigenvalue weighted by atomic mass is 9.90. The minimum atomic E-state index is -0.0974. The summed E-state index contributed by atoms with van der Waals surface area (Å²) in [6.45, 7) is 13.6. The van der Waals surface area contributed by atoms with Crippen LogP contribution in [0.3, 0.4) is 0 Å². The van der Waals surface area contributed by atoms with Crippen molar-refractivity contribution in [3.05, 3.63) is 35.0 Å².